The Morgan fingerprint density at radius 1 is 1.59 bits per heavy atom. The van der Waals surface area contributed by atoms with Crippen LogP contribution in [0.3, 0.4) is 0 Å². The van der Waals surface area contributed by atoms with E-state index in [0.717, 1.165) is 13.0 Å². The summed E-state index contributed by atoms with van der Waals surface area (Å²) in [6.45, 7) is 1.90. The van der Waals surface area contributed by atoms with Gasteiger partial charge >= 0.3 is 5.97 Å². The number of furan rings is 1. The van der Waals surface area contributed by atoms with Crippen molar-refractivity contribution >= 4 is 11.9 Å². The molecule has 0 spiro atoms. The van der Waals surface area contributed by atoms with Crippen LogP contribution in [0.15, 0.2) is 16.7 Å². The SMILES string of the molecule is NC(=O)C1CCN(Cc2cc(C(=O)O)co2)C1. The standard InChI is InChI=1S/C11H14N2O4/c12-10(14)7-1-2-13(4-7)5-9-3-8(6-17-9)11(15)16/h3,6-7H,1-2,4-5H2,(H2,12,14)(H,15,16). The van der Waals surface area contributed by atoms with Gasteiger partial charge in [0.15, 0.2) is 0 Å². The average molecular weight is 238 g/mol. The number of likely N-dealkylation sites (tertiary alicyclic amines) is 1. The molecule has 0 aliphatic carbocycles. The molecule has 1 atom stereocenters. The number of hydrogen-bond acceptors (Lipinski definition) is 4. The van der Waals surface area contributed by atoms with Crippen molar-refractivity contribution in [1.29, 1.82) is 0 Å². The fourth-order valence-corrected chi connectivity index (χ4v) is 2.00. The molecule has 1 saturated heterocycles. The molecule has 0 radical (unpaired) electrons. The van der Waals surface area contributed by atoms with Crippen LogP contribution >= 0.6 is 0 Å². The monoisotopic (exact) mass is 238 g/mol. The molecule has 6 heteroatoms. The maximum absolute atomic E-state index is 11.0. The van der Waals surface area contributed by atoms with Gasteiger partial charge in [0.25, 0.3) is 0 Å². The first kappa shape index (κ1) is 11.7. The summed E-state index contributed by atoms with van der Waals surface area (Å²) in [7, 11) is 0. The van der Waals surface area contributed by atoms with Crippen LogP contribution in [0.25, 0.3) is 0 Å². The van der Waals surface area contributed by atoms with Crippen molar-refractivity contribution in [3.05, 3.63) is 23.7 Å². The predicted molar refractivity (Wildman–Crippen MR) is 58.2 cm³/mol. The molecule has 6 nitrogen and oxygen atoms in total. The third kappa shape index (κ3) is 2.65. The first-order valence-corrected chi connectivity index (χ1v) is 5.38. The van der Waals surface area contributed by atoms with E-state index >= 15 is 0 Å². The summed E-state index contributed by atoms with van der Waals surface area (Å²) in [5.41, 5.74) is 5.37. The second kappa shape index (κ2) is 4.58. The van der Waals surface area contributed by atoms with Gasteiger partial charge in [-0.2, -0.15) is 0 Å². The van der Waals surface area contributed by atoms with E-state index in [1.165, 1.54) is 12.3 Å². The van der Waals surface area contributed by atoms with Crippen LogP contribution in [0.5, 0.6) is 0 Å². The molecule has 0 aromatic carbocycles. The Hall–Kier alpha value is -1.82. The largest absolute Gasteiger partial charge is 0.478 e. The van der Waals surface area contributed by atoms with Crippen LogP contribution in [-0.4, -0.2) is 35.0 Å². The van der Waals surface area contributed by atoms with Crippen molar-refractivity contribution < 1.29 is 19.1 Å². The molecule has 1 fully saturated rings. The first-order valence-electron chi connectivity index (χ1n) is 5.38. The fraction of sp³-hybridized carbons (Fsp3) is 0.455. The fourth-order valence-electron chi connectivity index (χ4n) is 2.00. The summed E-state index contributed by atoms with van der Waals surface area (Å²) >= 11 is 0. The maximum Gasteiger partial charge on any atom is 0.338 e. The Labute approximate surface area is 98.0 Å². The quantitative estimate of drug-likeness (QED) is 0.785. The van der Waals surface area contributed by atoms with Crippen LogP contribution < -0.4 is 5.73 Å². The zero-order valence-corrected chi connectivity index (χ0v) is 9.26. The highest BCUT2D eigenvalue weighted by Gasteiger charge is 2.27. The number of amides is 1. The topological polar surface area (TPSA) is 96.8 Å². The Morgan fingerprint density at radius 3 is 2.88 bits per heavy atom. The van der Waals surface area contributed by atoms with Crippen LogP contribution in [0.1, 0.15) is 22.5 Å². The Balaban J connectivity index is 1.93. The second-order valence-electron chi connectivity index (χ2n) is 4.23. The van der Waals surface area contributed by atoms with Gasteiger partial charge in [0.2, 0.25) is 5.91 Å². The molecular weight excluding hydrogens is 224 g/mol. The van der Waals surface area contributed by atoms with E-state index in [-0.39, 0.29) is 17.4 Å². The number of rotatable bonds is 4. The molecular formula is C11H14N2O4. The van der Waals surface area contributed by atoms with Crippen molar-refractivity contribution in [3.8, 4) is 0 Å². The van der Waals surface area contributed by atoms with E-state index in [1.807, 2.05) is 4.90 Å². The van der Waals surface area contributed by atoms with Gasteiger partial charge in [-0.05, 0) is 19.0 Å². The van der Waals surface area contributed by atoms with E-state index < -0.39 is 5.97 Å². The second-order valence-corrected chi connectivity index (χ2v) is 4.23. The number of carbonyl (C=O) groups is 2. The molecule has 3 N–H and O–H groups in total. The van der Waals surface area contributed by atoms with Gasteiger partial charge in [0.05, 0.1) is 18.0 Å². The van der Waals surface area contributed by atoms with E-state index in [4.69, 9.17) is 15.3 Å². The molecule has 1 aromatic heterocycles. The van der Waals surface area contributed by atoms with Gasteiger partial charge in [-0.3, -0.25) is 9.69 Å². The highest BCUT2D eigenvalue weighted by Crippen LogP contribution is 2.19. The summed E-state index contributed by atoms with van der Waals surface area (Å²) in [5, 5.41) is 8.74. The minimum Gasteiger partial charge on any atom is -0.478 e. The van der Waals surface area contributed by atoms with E-state index in [9.17, 15) is 9.59 Å². The highest BCUT2D eigenvalue weighted by molar-refractivity contribution is 5.87. The normalized spacial score (nSPS) is 20.6. The molecule has 2 rings (SSSR count). The Kier molecular flexibility index (Phi) is 3.14. The number of nitrogens with two attached hydrogens (primary N) is 1. The summed E-state index contributed by atoms with van der Waals surface area (Å²) in [6.07, 6.45) is 1.97. The molecule has 92 valence electrons. The van der Waals surface area contributed by atoms with Gasteiger partial charge in [0, 0.05) is 6.54 Å². The molecule has 1 aromatic rings. The lowest BCUT2D eigenvalue weighted by Gasteiger charge is -2.12. The molecule has 0 bridgehead atoms. The van der Waals surface area contributed by atoms with Crippen molar-refractivity contribution in [2.45, 2.75) is 13.0 Å². The zero-order valence-electron chi connectivity index (χ0n) is 9.26. The van der Waals surface area contributed by atoms with Crippen molar-refractivity contribution in [2.24, 2.45) is 11.7 Å². The third-order valence-corrected chi connectivity index (χ3v) is 2.95. The van der Waals surface area contributed by atoms with E-state index in [1.54, 1.807) is 0 Å². The lowest BCUT2D eigenvalue weighted by Crippen LogP contribution is -2.27. The summed E-state index contributed by atoms with van der Waals surface area (Å²) in [6, 6.07) is 1.50. The minimum atomic E-state index is -1.00. The van der Waals surface area contributed by atoms with Crippen LogP contribution in [0.2, 0.25) is 0 Å². The van der Waals surface area contributed by atoms with Crippen molar-refractivity contribution in [1.82, 2.24) is 4.90 Å². The molecule has 17 heavy (non-hydrogen) atoms. The number of carboxylic acid groups (broad SMARTS) is 1. The summed E-state index contributed by atoms with van der Waals surface area (Å²) in [5.74, 6) is -0.800. The molecule has 1 aliphatic rings. The average Bonchev–Trinajstić information content (AvgIpc) is 2.87. The van der Waals surface area contributed by atoms with Gasteiger partial charge in [-0.25, -0.2) is 4.79 Å². The zero-order chi connectivity index (χ0) is 12.4. The smallest absolute Gasteiger partial charge is 0.338 e. The van der Waals surface area contributed by atoms with Gasteiger partial charge in [-0.1, -0.05) is 0 Å². The molecule has 1 amide bonds. The van der Waals surface area contributed by atoms with Gasteiger partial charge in [0.1, 0.15) is 12.0 Å². The first-order chi connectivity index (χ1) is 8.06. The molecule has 2 heterocycles. The third-order valence-electron chi connectivity index (χ3n) is 2.95. The highest BCUT2D eigenvalue weighted by atomic mass is 16.4. The van der Waals surface area contributed by atoms with Crippen LogP contribution in [0.4, 0.5) is 0 Å². The number of carbonyl (C=O) groups excluding carboxylic acids is 1. The Bertz CT molecular complexity index is 440. The van der Waals surface area contributed by atoms with Crippen molar-refractivity contribution in [3.63, 3.8) is 0 Å². The number of nitrogens with zero attached hydrogens (tertiary/aromatic N) is 1. The molecule has 1 aliphatic heterocycles. The van der Waals surface area contributed by atoms with Gasteiger partial charge < -0.3 is 15.3 Å². The lowest BCUT2D eigenvalue weighted by atomic mass is 10.1. The predicted octanol–water partition coefficient (Wildman–Crippen LogP) is 0.285. The number of carboxylic acids is 1. The molecule has 0 saturated carbocycles. The van der Waals surface area contributed by atoms with Gasteiger partial charge in [-0.15, -0.1) is 0 Å². The Morgan fingerprint density at radius 2 is 2.35 bits per heavy atom. The number of aromatic carboxylic acids is 1. The maximum atomic E-state index is 11.0. The van der Waals surface area contributed by atoms with Crippen molar-refractivity contribution in [2.75, 3.05) is 13.1 Å². The number of hydrogen-bond donors (Lipinski definition) is 2. The summed E-state index contributed by atoms with van der Waals surface area (Å²) < 4.78 is 5.14. The summed E-state index contributed by atoms with van der Waals surface area (Å²) in [4.78, 5) is 23.7. The van der Waals surface area contributed by atoms with Crippen LogP contribution in [-0.2, 0) is 11.3 Å². The number of primary amides is 1. The van der Waals surface area contributed by atoms with E-state index in [2.05, 4.69) is 0 Å². The lowest BCUT2D eigenvalue weighted by molar-refractivity contribution is -0.121. The van der Waals surface area contributed by atoms with E-state index in [0.29, 0.717) is 18.8 Å². The van der Waals surface area contributed by atoms with Crippen LogP contribution in [0, 0.1) is 5.92 Å². The minimum absolute atomic E-state index is 0.107. The molecule has 1 unspecified atom stereocenters.